The molecule has 2 bridgehead atoms. The second-order valence-electron chi connectivity index (χ2n) is 6.39. The Labute approximate surface area is 97.9 Å². The van der Waals surface area contributed by atoms with Crippen LogP contribution in [-0.2, 0) is 4.74 Å². The van der Waals surface area contributed by atoms with Gasteiger partial charge in [-0.25, -0.2) is 4.79 Å². The van der Waals surface area contributed by atoms with E-state index < -0.39 is 5.60 Å². The topological polar surface area (TPSA) is 38.3 Å². The van der Waals surface area contributed by atoms with Crippen LogP contribution in [0.2, 0.25) is 0 Å². The van der Waals surface area contributed by atoms with Crippen LogP contribution in [0, 0.1) is 5.92 Å². The predicted molar refractivity (Wildman–Crippen MR) is 63.3 cm³/mol. The van der Waals surface area contributed by atoms with Crippen molar-refractivity contribution in [1.29, 1.82) is 0 Å². The molecule has 0 aromatic rings. The molecule has 3 rings (SSSR count). The van der Waals surface area contributed by atoms with Crippen LogP contribution in [0.5, 0.6) is 0 Å². The van der Waals surface area contributed by atoms with Gasteiger partial charge in [0.05, 0.1) is 0 Å². The average Bonchev–Trinajstić information content (AvgIpc) is 2.16. The van der Waals surface area contributed by atoms with Gasteiger partial charge in [0.2, 0.25) is 0 Å². The first-order valence-electron chi connectivity index (χ1n) is 6.40. The normalized spacial score (nSPS) is 33.6. The summed E-state index contributed by atoms with van der Waals surface area (Å²) < 4.78 is 5.33. The second-order valence-corrected chi connectivity index (χ2v) is 6.39. The lowest BCUT2D eigenvalue weighted by Gasteiger charge is -2.46. The van der Waals surface area contributed by atoms with Crippen molar-refractivity contribution in [3.05, 3.63) is 0 Å². The summed E-state index contributed by atoms with van der Waals surface area (Å²) in [5.74, 6) is 0.919. The molecule has 0 aromatic heterocycles. The molecule has 3 nitrogen and oxygen atoms in total. The number of carbonyl (C=O) groups excluding carboxylic acids is 1. The van der Waals surface area contributed by atoms with Crippen molar-refractivity contribution < 1.29 is 9.53 Å². The van der Waals surface area contributed by atoms with E-state index in [-0.39, 0.29) is 11.6 Å². The highest BCUT2D eigenvalue weighted by Gasteiger charge is 2.41. The fourth-order valence-corrected chi connectivity index (χ4v) is 2.96. The molecule has 3 aliphatic carbocycles. The van der Waals surface area contributed by atoms with Gasteiger partial charge < -0.3 is 10.1 Å². The van der Waals surface area contributed by atoms with Gasteiger partial charge in [0.15, 0.2) is 0 Å². The van der Waals surface area contributed by atoms with E-state index in [0.29, 0.717) is 0 Å². The summed E-state index contributed by atoms with van der Waals surface area (Å²) in [6.45, 7) is 5.71. The summed E-state index contributed by atoms with van der Waals surface area (Å²) in [5.41, 5.74) is -0.344. The van der Waals surface area contributed by atoms with E-state index >= 15 is 0 Å². The number of carbonyl (C=O) groups is 1. The molecule has 92 valence electrons. The third kappa shape index (κ3) is 2.69. The van der Waals surface area contributed by atoms with Gasteiger partial charge in [0.1, 0.15) is 5.60 Å². The molecular weight excluding hydrogens is 202 g/mol. The summed E-state index contributed by atoms with van der Waals surface area (Å²) in [5, 5.41) is 3.12. The van der Waals surface area contributed by atoms with E-state index in [0.717, 1.165) is 25.2 Å². The van der Waals surface area contributed by atoms with Gasteiger partial charge in [-0.3, -0.25) is 0 Å². The van der Waals surface area contributed by atoms with Crippen molar-refractivity contribution in [2.75, 3.05) is 0 Å². The van der Waals surface area contributed by atoms with Crippen molar-refractivity contribution >= 4 is 6.09 Å². The van der Waals surface area contributed by atoms with Crippen LogP contribution < -0.4 is 5.32 Å². The highest BCUT2D eigenvalue weighted by Crippen LogP contribution is 2.44. The molecule has 0 aromatic carbocycles. The number of ether oxygens (including phenoxy) is 1. The number of hydrogen-bond donors (Lipinski definition) is 1. The molecule has 3 heteroatoms. The van der Waals surface area contributed by atoms with E-state index in [1.165, 1.54) is 19.3 Å². The van der Waals surface area contributed by atoms with E-state index in [2.05, 4.69) is 5.32 Å². The number of hydrogen-bond acceptors (Lipinski definition) is 2. The lowest BCUT2D eigenvalue weighted by atomic mass is 9.66. The monoisotopic (exact) mass is 225 g/mol. The highest BCUT2D eigenvalue weighted by molar-refractivity contribution is 5.68. The van der Waals surface area contributed by atoms with Crippen molar-refractivity contribution in [3.8, 4) is 0 Å². The molecule has 1 amide bonds. The first-order chi connectivity index (χ1) is 7.39. The maximum Gasteiger partial charge on any atom is 0.408 e. The number of rotatable bonds is 1. The minimum absolute atomic E-state index is 0.0527. The third-order valence-corrected chi connectivity index (χ3v) is 3.86. The minimum Gasteiger partial charge on any atom is -0.444 e. The molecule has 3 fully saturated rings. The summed E-state index contributed by atoms with van der Waals surface area (Å²) >= 11 is 0. The van der Waals surface area contributed by atoms with Crippen LogP contribution in [0.1, 0.15) is 59.3 Å². The molecule has 3 saturated carbocycles. The van der Waals surface area contributed by atoms with Crippen LogP contribution in [-0.4, -0.2) is 17.2 Å². The summed E-state index contributed by atoms with van der Waals surface area (Å²) in [4.78, 5) is 11.8. The Morgan fingerprint density at radius 1 is 1.19 bits per heavy atom. The molecular formula is C13H23NO2. The zero-order valence-electron chi connectivity index (χ0n) is 10.6. The maximum absolute atomic E-state index is 11.8. The zero-order chi connectivity index (χ0) is 11.8. The van der Waals surface area contributed by atoms with Crippen molar-refractivity contribution in [2.45, 2.75) is 70.4 Å². The molecule has 0 heterocycles. The van der Waals surface area contributed by atoms with Gasteiger partial charge in [0, 0.05) is 5.54 Å². The van der Waals surface area contributed by atoms with E-state index in [1.54, 1.807) is 0 Å². The molecule has 16 heavy (non-hydrogen) atoms. The smallest absolute Gasteiger partial charge is 0.408 e. The quantitative estimate of drug-likeness (QED) is 0.744. The number of alkyl carbamates (subject to hydrolysis) is 1. The second kappa shape index (κ2) is 3.94. The Hall–Kier alpha value is -0.730. The molecule has 0 unspecified atom stereocenters. The zero-order valence-corrected chi connectivity index (χ0v) is 10.6. The van der Waals surface area contributed by atoms with Gasteiger partial charge in [0.25, 0.3) is 0 Å². The number of nitrogens with one attached hydrogen (secondary N) is 1. The molecule has 1 N–H and O–H groups in total. The summed E-state index contributed by atoms with van der Waals surface area (Å²) in [6.07, 6.45) is 6.99. The Balaban J connectivity index is 1.91. The van der Waals surface area contributed by atoms with Crippen molar-refractivity contribution in [3.63, 3.8) is 0 Å². The molecule has 0 radical (unpaired) electrons. The van der Waals surface area contributed by atoms with Crippen LogP contribution >= 0.6 is 0 Å². The van der Waals surface area contributed by atoms with Gasteiger partial charge in [-0.05, 0) is 65.2 Å². The van der Waals surface area contributed by atoms with Gasteiger partial charge in [-0.15, -0.1) is 0 Å². The first-order valence-corrected chi connectivity index (χ1v) is 6.40. The first kappa shape index (κ1) is 11.7. The standard InChI is InChI=1S/C13H23NO2/c1-12(2,3)16-11(15)14-13-7-4-10(5-8-13)6-9-13/h10H,4-9H2,1-3H3,(H,14,15). The molecule has 0 aliphatic heterocycles. The summed E-state index contributed by atoms with van der Waals surface area (Å²) in [7, 11) is 0. The molecule has 0 saturated heterocycles. The fourth-order valence-electron chi connectivity index (χ4n) is 2.96. The molecule has 0 spiro atoms. The van der Waals surface area contributed by atoms with Crippen LogP contribution in [0.4, 0.5) is 4.79 Å². The minimum atomic E-state index is -0.396. The van der Waals surface area contributed by atoms with Crippen molar-refractivity contribution in [2.24, 2.45) is 5.92 Å². The summed E-state index contributed by atoms with van der Waals surface area (Å²) in [6, 6.07) is 0. The Morgan fingerprint density at radius 2 is 1.69 bits per heavy atom. The average molecular weight is 225 g/mol. The molecule has 3 aliphatic rings. The Bertz CT molecular complexity index is 258. The third-order valence-electron chi connectivity index (χ3n) is 3.86. The van der Waals surface area contributed by atoms with E-state index in [1.807, 2.05) is 20.8 Å². The van der Waals surface area contributed by atoms with Crippen LogP contribution in [0.25, 0.3) is 0 Å². The van der Waals surface area contributed by atoms with Crippen LogP contribution in [0.15, 0.2) is 0 Å². The van der Waals surface area contributed by atoms with Crippen molar-refractivity contribution in [1.82, 2.24) is 5.32 Å². The van der Waals surface area contributed by atoms with Crippen LogP contribution in [0.3, 0.4) is 0 Å². The van der Waals surface area contributed by atoms with Gasteiger partial charge in [-0.1, -0.05) is 0 Å². The van der Waals surface area contributed by atoms with Gasteiger partial charge >= 0.3 is 6.09 Å². The largest absolute Gasteiger partial charge is 0.444 e. The lowest BCUT2D eigenvalue weighted by Crippen LogP contribution is -2.54. The Morgan fingerprint density at radius 3 is 2.12 bits per heavy atom. The lowest BCUT2D eigenvalue weighted by molar-refractivity contribution is 0.0315. The predicted octanol–water partition coefficient (Wildman–Crippen LogP) is 3.23. The number of amides is 1. The highest BCUT2D eigenvalue weighted by atomic mass is 16.6. The maximum atomic E-state index is 11.8. The molecule has 0 atom stereocenters. The van der Waals surface area contributed by atoms with Gasteiger partial charge in [-0.2, -0.15) is 0 Å². The SMILES string of the molecule is CC(C)(C)OC(=O)NC12CCC(CC1)CC2. The van der Waals surface area contributed by atoms with E-state index in [4.69, 9.17) is 4.74 Å². The number of fused-ring (bicyclic) bond motifs is 3. The Kier molecular flexibility index (Phi) is 2.89. The van der Waals surface area contributed by atoms with E-state index in [9.17, 15) is 4.79 Å². The fraction of sp³-hybridized carbons (Fsp3) is 0.923.